The lowest BCUT2D eigenvalue weighted by molar-refractivity contribution is -0.161. The van der Waals surface area contributed by atoms with Crippen LogP contribution in [0.25, 0.3) is 0 Å². The monoisotopic (exact) mass is 1370 g/mol. The van der Waals surface area contributed by atoms with Gasteiger partial charge in [-0.15, -0.1) is 0 Å². The molecule has 19 heteroatoms. The Morgan fingerprint density at radius 3 is 0.745 bits per heavy atom. The summed E-state index contributed by atoms with van der Waals surface area (Å²) in [5.41, 5.74) is 0. The highest BCUT2D eigenvalue weighted by Crippen LogP contribution is 2.45. The maximum Gasteiger partial charge on any atom is 0.472 e. The van der Waals surface area contributed by atoms with Gasteiger partial charge in [-0.25, -0.2) is 9.13 Å². The van der Waals surface area contributed by atoms with E-state index in [0.717, 1.165) is 141 Å². The number of esters is 4. The van der Waals surface area contributed by atoms with E-state index in [1.165, 1.54) is 141 Å². The molecule has 0 saturated carbocycles. The maximum atomic E-state index is 13.1. The molecule has 0 aromatic rings. The van der Waals surface area contributed by atoms with Gasteiger partial charge >= 0.3 is 39.5 Å². The molecule has 0 aromatic heterocycles. The summed E-state index contributed by atoms with van der Waals surface area (Å²) in [7, 11) is -9.93. The molecular formula is C75H140O17P2. The van der Waals surface area contributed by atoms with Gasteiger partial charge in [-0.2, -0.15) is 0 Å². The predicted octanol–water partition coefficient (Wildman–Crippen LogP) is 21.6. The predicted molar refractivity (Wildman–Crippen MR) is 381 cm³/mol. The van der Waals surface area contributed by atoms with Crippen LogP contribution in [0.2, 0.25) is 0 Å². The number of carbonyl (C=O) groups is 4. The van der Waals surface area contributed by atoms with Crippen molar-refractivity contribution in [2.75, 3.05) is 39.6 Å². The SMILES string of the molecule is CCCCCC/C=C\CCCCCCCC(=O)OC[C@H](COP(=O)(O)OC[C@@H](O)COP(=O)(O)OC[C@@H](COC(=O)CCCCCCC/C=C\CCCCCC)OC(=O)CCCCCCCCCCCCCCCCC)OC(=O)CCCCCCC/C=C\CCCCCC. The Bertz CT molecular complexity index is 1930. The fraction of sp³-hybridized carbons (Fsp3) is 0.867. The van der Waals surface area contributed by atoms with Gasteiger partial charge in [-0.3, -0.25) is 37.3 Å². The van der Waals surface area contributed by atoms with Gasteiger partial charge in [0.25, 0.3) is 0 Å². The largest absolute Gasteiger partial charge is 0.472 e. The van der Waals surface area contributed by atoms with Crippen molar-refractivity contribution < 1.29 is 80.2 Å². The van der Waals surface area contributed by atoms with Crippen molar-refractivity contribution in [1.82, 2.24) is 0 Å². The van der Waals surface area contributed by atoms with Crippen LogP contribution in [0.3, 0.4) is 0 Å². The van der Waals surface area contributed by atoms with Crippen LogP contribution >= 0.6 is 15.6 Å². The number of phosphoric ester groups is 2. The summed E-state index contributed by atoms with van der Waals surface area (Å²) in [6.07, 6.45) is 62.7. The summed E-state index contributed by atoms with van der Waals surface area (Å²) in [6.45, 7) is 4.87. The van der Waals surface area contributed by atoms with Crippen LogP contribution < -0.4 is 0 Å². The first-order valence-corrected chi connectivity index (χ1v) is 41.2. The number of phosphoric acid groups is 2. The smallest absolute Gasteiger partial charge is 0.462 e. The van der Waals surface area contributed by atoms with Gasteiger partial charge in [0.2, 0.25) is 0 Å². The molecule has 0 heterocycles. The summed E-state index contributed by atoms with van der Waals surface area (Å²) >= 11 is 0. The summed E-state index contributed by atoms with van der Waals surface area (Å²) in [6, 6.07) is 0. The minimum absolute atomic E-state index is 0.0891. The van der Waals surface area contributed by atoms with Crippen LogP contribution in [0.1, 0.15) is 362 Å². The Labute approximate surface area is 573 Å². The zero-order chi connectivity index (χ0) is 69.0. The summed E-state index contributed by atoms with van der Waals surface area (Å²) < 4.78 is 68.4. The average molecular weight is 1380 g/mol. The Morgan fingerprint density at radius 1 is 0.287 bits per heavy atom. The third-order valence-electron chi connectivity index (χ3n) is 16.6. The number of allylic oxidation sites excluding steroid dienone is 6. The van der Waals surface area contributed by atoms with Crippen LogP contribution in [-0.2, 0) is 65.4 Å². The van der Waals surface area contributed by atoms with Crippen LogP contribution in [0.5, 0.6) is 0 Å². The van der Waals surface area contributed by atoms with Crippen LogP contribution in [0.15, 0.2) is 36.5 Å². The molecule has 17 nitrogen and oxygen atoms in total. The number of unbranched alkanes of at least 4 members (excludes halogenated alkanes) is 41. The molecule has 0 bridgehead atoms. The van der Waals surface area contributed by atoms with E-state index in [-0.39, 0.29) is 25.7 Å². The van der Waals surface area contributed by atoms with Crippen molar-refractivity contribution >= 4 is 39.5 Å². The zero-order valence-electron chi connectivity index (χ0n) is 60.2. The molecule has 0 aliphatic carbocycles. The molecular weight excluding hydrogens is 1230 g/mol. The molecule has 0 spiro atoms. The maximum absolute atomic E-state index is 13.1. The van der Waals surface area contributed by atoms with E-state index in [1.807, 2.05) is 0 Å². The normalized spacial score (nSPS) is 14.2. The first kappa shape index (κ1) is 91.3. The minimum atomic E-state index is -4.96. The standard InChI is InChI=1S/C75H140O17P2/c1-5-9-13-17-21-25-29-33-34-38-42-46-50-54-58-62-75(80)92-71(66-86-73(78)60-56-52-48-44-40-36-31-27-23-19-15-11-7-3)68-90-94(83,84)88-64-69(76)63-87-93(81,82)89-67-70(91-74(79)61-57-53-49-45-41-37-32-28-24-20-16-12-8-4)65-85-72(77)59-55-51-47-43-39-35-30-26-22-18-14-10-6-2/h26-28,30-32,69-71,76H,5-25,29,33-68H2,1-4H3,(H,81,82)(H,83,84)/b30-26-,31-27-,32-28-/t69-,70-,71-/m1/s1. The quantitative estimate of drug-likeness (QED) is 0.0169. The fourth-order valence-corrected chi connectivity index (χ4v) is 12.3. The molecule has 0 saturated heterocycles. The second-order valence-corrected chi connectivity index (χ2v) is 28.9. The first-order chi connectivity index (χ1) is 45.7. The highest BCUT2D eigenvalue weighted by Gasteiger charge is 2.30. The van der Waals surface area contributed by atoms with Gasteiger partial charge in [-0.1, -0.05) is 270 Å². The van der Waals surface area contributed by atoms with Crippen molar-refractivity contribution in [2.45, 2.75) is 380 Å². The minimum Gasteiger partial charge on any atom is -0.462 e. The molecule has 552 valence electrons. The topological polar surface area (TPSA) is 237 Å². The molecule has 3 N–H and O–H groups in total. The van der Waals surface area contributed by atoms with E-state index in [4.69, 9.17) is 37.0 Å². The number of hydrogen-bond donors (Lipinski definition) is 3. The molecule has 2 unspecified atom stereocenters. The number of hydrogen-bond acceptors (Lipinski definition) is 15. The summed E-state index contributed by atoms with van der Waals surface area (Å²) in [5.74, 6) is -2.16. The lowest BCUT2D eigenvalue weighted by Crippen LogP contribution is -2.30. The molecule has 0 aliphatic heterocycles. The molecule has 5 atom stereocenters. The highest BCUT2D eigenvalue weighted by molar-refractivity contribution is 7.47. The van der Waals surface area contributed by atoms with Gasteiger partial charge < -0.3 is 33.8 Å². The van der Waals surface area contributed by atoms with Crippen molar-refractivity contribution in [1.29, 1.82) is 0 Å². The van der Waals surface area contributed by atoms with Gasteiger partial charge in [0.15, 0.2) is 12.2 Å². The third kappa shape index (κ3) is 67.8. The van der Waals surface area contributed by atoms with Gasteiger partial charge in [0.05, 0.1) is 26.4 Å². The van der Waals surface area contributed by atoms with Gasteiger partial charge in [0, 0.05) is 25.7 Å². The van der Waals surface area contributed by atoms with E-state index >= 15 is 0 Å². The number of carbonyl (C=O) groups excluding carboxylic acids is 4. The number of ether oxygens (including phenoxy) is 4. The van der Waals surface area contributed by atoms with Gasteiger partial charge in [0.1, 0.15) is 19.3 Å². The second kappa shape index (κ2) is 68.8. The lowest BCUT2D eigenvalue weighted by Gasteiger charge is -2.21. The second-order valence-electron chi connectivity index (χ2n) is 25.9. The van der Waals surface area contributed by atoms with Crippen molar-refractivity contribution in [3.63, 3.8) is 0 Å². The van der Waals surface area contributed by atoms with E-state index < -0.39 is 97.5 Å². The lowest BCUT2D eigenvalue weighted by atomic mass is 10.0. The Morgan fingerprint density at radius 2 is 0.489 bits per heavy atom. The van der Waals surface area contributed by atoms with Crippen molar-refractivity contribution in [3.05, 3.63) is 36.5 Å². The van der Waals surface area contributed by atoms with E-state index in [9.17, 15) is 43.2 Å². The van der Waals surface area contributed by atoms with Crippen molar-refractivity contribution in [3.8, 4) is 0 Å². The van der Waals surface area contributed by atoms with E-state index in [0.29, 0.717) is 25.7 Å². The number of rotatable bonds is 73. The molecule has 0 amide bonds. The molecule has 0 rings (SSSR count). The third-order valence-corrected chi connectivity index (χ3v) is 18.5. The summed E-state index contributed by atoms with van der Waals surface area (Å²) in [4.78, 5) is 72.7. The average Bonchev–Trinajstić information content (AvgIpc) is 2.42. The van der Waals surface area contributed by atoms with Crippen molar-refractivity contribution in [2.24, 2.45) is 0 Å². The first-order valence-electron chi connectivity index (χ1n) is 38.2. The zero-order valence-corrected chi connectivity index (χ0v) is 61.9. The van der Waals surface area contributed by atoms with E-state index in [2.05, 4.69) is 64.2 Å². The number of aliphatic hydroxyl groups excluding tert-OH is 1. The Balaban J connectivity index is 5.31. The van der Waals surface area contributed by atoms with Crippen LogP contribution in [-0.4, -0.2) is 96.7 Å². The molecule has 94 heavy (non-hydrogen) atoms. The molecule has 0 fully saturated rings. The molecule has 0 aromatic carbocycles. The number of aliphatic hydroxyl groups is 1. The van der Waals surface area contributed by atoms with Crippen LogP contribution in [0, 0.1) is 0 Å². The fourth-order valence-electron chi connectivity index (χ4n) is 10.7. The van der Waals surface area contributed by atoms with Crippen LogP contribution in [0.4, 0.5) is 0 Å². The molecule has 0 aliphatic rings. The highest BCUT2D eigenvalue weighted by atomic mass is 31.2. The van der Waals surface area contributed by atoms with E-state index in [1.54, 1.807) is 0 Å². The summed E-state index contributed by atoms with van der Waals surface area (Å²) in [5, 5.41) is 10.6. The Hall–Kier alpha value is -2.72. The van der Waals surface area contributed by atoms with Gasteiger partial charge in [-0.05, 0) is 103 Å². The Kier molecular flexibility index (Phi) is 66.8. The molecule has 0 radical (unpaired) electrons.